The van der Waals surface area contributed by atoms with Gasteiger partial charge in [0.25, 0.3) is 0 Å². The van der Waals surface area contributed by atoms with Gasteiger partial charge in [-0.3, -0.25) is 5.10 Å². The van der Waals surface area contributed by atoms with E-state index < -0.39 is 0 Å². The van der Waals surface area contributed by atoms with Gasteiger partial charge >= 0.3 is 0 Å². The highest BCUT2D eigenvalue weighted by molar-refractivity contribution is 5.68. The number of aromatic amines is 1. The molecule has 1 aliphatic heterocycles. The summed E-state index contributed by atoms with van der Waals surface area (Å²) in [6.45, 7) is 4.12. The maximum atomic E-state index is 4.12. The Morgan fingerprint density at radius 2 is 2.12 bits per heavy atom. The summed E-state index contributed by atoms with van der Waals surface area (Å²) >= 11 is 0. The summed E-state index contributed by atoms with van der Waals surface area (Å²) in [5.41, 5.74) is 4.44. The van der Waals surface area contributed by atoms with Crippen molar-refractivity contribution in [3.05, 3.63) is 60.6 Å². The SMILES string of the molecule is C=C(c1ccn[nH]1)[NH+]1C=Cc2ccccc21. The zero-order chi connectivity index (χ0) is 11.0. The quantitative estimate of drug-likeness (QED) is 0.775. The van der Waals surface area contributed by atoms with Crippen molar-refractivity contribution in [3.63, 3.8) is 0 Å². The molecule has 1 aromatic heterocycles. The molecule has 2 aromatic rings. The van der Waals surface area contributed by atoms with E-state index in [9.17, 15) is 0 Å². The number of rotatable bonds is 2. The van der Waals surface area contributed by atoms with Gasteiger partial charge in [0.2, 0.25) is 0 Å². The Bertz CT molecular complexity index is 552. The lowest BCUT2D eigenvalue weighted by Gasteiger charge is -2.11. The van der Waals surface area contributed by atoms with E-state index in [1.165, 1.54) is 16.2 Å². The highest BCUT2D eigenvalue weighted by atomic mass is 15.2. The highest BCUT2D eigenvalue weighted by Crippen LogP contribution is 2.18. The van der Waals surface area contributed by atoms with Crippen molar-refractivity contribution in [1.82, 2.24) is 10.2 Å². The van der Waals surface area contributed by atoms with Crippen molar-refractivity contribution in [3.8, 4) is 0 Å². The van der Waals surface area contributed by atoms with Crippen LogP contribution in [0.4, 0.5) is 5.69 Å². The van der Waals surface area contributed by atoms with Crippen molar-refractivity contribution < 1.29 is 4.90 Å². The molecule has 0 fully saturated rings. The molecule has 2 heterocycles. The summed E-state index contributed by atoms with van der Waals surface area (Å²) in [7, 11) is 0. The van der Waals surface area contributed by atoms with Crippen LogP contribution < -0.4 is 4.90 Å². The number of hydrogen-bond donors (Lipinski definition) is 2. The Kier molecular flexibility index (Phi) is 1.98. The molecule has 0 saturated carbocycles. The summed E-state index contributed by atoms with van der Waals surface area (Å²) in [6.07, 6.45) is 5.96. The van der Waals surface area contributed by atoms with Crippen molar-refractivity contribution in [1.29, 1.82) is 0 Å². The van der Waals surface area contributed by atoms with E-state index in [4.69, 9.17) is 0 Å². The third-order valence-corrected chi connectivity index (χ3v) is 2.83. The number of nitrogens with zero attached hydrogens (tertiary/aromatic N) is 1. The second-order valence-corrected chi connectivity index (χ2v) is 3.78. The molecule has 0 spiro atoms. The molecule has 1 aromatic carbocycles. The lowest BCUT2D eigenvalue weighted by molar-refractivity contribution is -0.685. The molecule has 3 rings (SSSR count). The second kappa shape index (κ2) is 3.47. The van der Waals surface area contributed by atoms with E-state index in [1.54, 1.807) is 6.20 Å². The maximum absolute atomic E-state index is 4.12. The molecule has 3 nitrogen and oxygen atoms in total. The van der Waals surface area contributed by atoms with Crippen LogP contribution in [0.25, 0.3) is 11.8 Å². The molecule has 0 radical (unpaired) electrons. The lowest BCUT2D eigenvalue weighted by Crippen LogP contribution is -2.98. The number of fused-ring (bicyclic) bond motifs is 1. The van der Waals surface area contributed by atoms with Gasteiger partial charge < -0.3 is 0 Å². The molecule has 0 bridgehead atoms. The molecule has 3 heteroatoms. The largest absolute Gasteiger partial charge is 0.272 e. The Morgan fingerprint density at radius 1 is 1.25 bits per heavy atom. The summed E-state index contributed by atoms with van der Waals surface area (Å²) in [5.74, 6) is 0. The van der Waals surface area contributed by atoms with Crippen molar-refractivity contribution in [2.75, 3.05) is 0 Å². The van der Waals surface area contributed by atoms with Crippen LogP contribution in [0.2, 0.25) is 0 Å². The fourth-order valence-corrected chi connectivity index (χ4v) is 1.98. The first kappa shape index (κ1) is 9.12. The monoisotopic (exact) mass is 210 g/mol. The second-order valence-electron chi connectivity index (χ2n) is 3.78. The van der Waals surface area contributed by atoms with Gasteiger partial charge in [-0.1, -0.05) is 12.1 Å². The summed E-state index contributed by atoms with van der Waals surface area (Å²) in [5, 5.41) is 6.89. The number of para-hydroxylation sites is 1. The predicted octanol–water partition coefficient (Wildman–Crippen LogP) is 1.58. The van der Waals surface area contributed by atoms with Gasteiger partial charge in [0.1, 0.15) is 17.6 Å². The van der Waals surface area contributed by atoms with Crippen molar-refractivity contribution in [2.24, 2.45) is 0 Å². The number of nitrogens with one attached hydrogen (secondary N) is 2. The number of hydrogen-bond acceptors (Lipinski definition) is 1. The zero-order valence-corrected chi connectivity index (χ0v) is 8.77. The Morgan fingerprint density at radius 3 is 2.94 bits per heavy atom. The van der Waals surface area contributed by atoms with E-state index in [-0.39, 0.29) is 0 Å². The van der Waals surface area contributed by atoms with Crippen LogP contribution in [0, 0.1) is 0 Å². The first-order valence-electron chi connectivity index (χ1n) is 5.20. The third kappa shape index (κ3) is 1.30. The van der Waals surface area contributed by atoms with Crippen LogP contribution in [0.15, 0.2) is 49.3 Å². The van der Waals surface area contributed by atoms with Crippen LogP contribution in [-0.4, -0.2) is 10.2 Å². The Hall–Kier alpha value is -2.13. The predicted molar refractivity (Wildman–Crippen MR) is 63.7 cm³/mol. The maximum Gasteiger partial charge on any atom is 0.158 e. The molecule has 1 atom stereocenters. The van der Waals surface area contributed by atoms with E-state index in [1.807, 2.05) is 18.2 Å². The average molecular weight is 210 g/mol. The smallest absolute Gasteiger partial charge is 0.158 e. The van der Waals surface area contributed by atoms with Gasteiger partial charge in [0.15, 0.2) is 5.70 Å². The number of quaternary nitrogens is 1. The Balaban J connectivity index is 2.00. The topological polar surface area (TPSA) is 33.1 Å². The highest BCUT2D eigenvalue weighted by Gasteiger charge is 2.23. The average Bonchev–Trinajstić information content (AvgIpc) is 2.98. The summed E-state index contributed by atoms with van der Waals surface area (Å²) in [4.78, 5) is 1.17. The number of aromatic nitrogens is 2. The van der Waals surface area contributed by atoms with Crippen LogP contribution in [-0.2, 0) is 0 Å². The lowest BCUT2D eigenvalue weighted by atomic mass is 10.2. The molecule has 0 saturated heterocycles. The number of benzene rings is 1. The molecule has 0 amide bonds. The van der Waals surface area contributed by atoms with Crippen LogP contribution in [0.1, 0.15) is 11.3 Å². The fourth-order valence-electron chi connectivity index (χ4n) is 1.98. The van der Waals surface area contributed by atoms with E-state index in [2.05, 4.69) is 41.2 Å². The zero-order valence-electron chi connectivity index (χ0n) is 8.77. The van der Waals surface area contributed by atoms with Gasteiger partial charge in [-0.2, -0.15) is 5.10 Å². The van der Waals surface area contributed by atoms with Crippen LogP contribution >= 0.6 is 0 Å². The van der Waals surface area contributed by atoms with E-state index in [0.29, 0.717) is 0 Å². The third-order valence-electron chi connectivity index (χ3n) is 2.83. The van der Waals surface area contributed by atoms with Gasteiger partial charge in [-0.05, 0) is 18.7 Å². The molecule has 2 N–H and O–H groups in total. The molecule has 0 aliphatic carbocycles. The van der Waals surface area contributed by atoms with Gasteiger partial charge in [-0.25, -0.2) is 4.90 Å². The molecular formula is C13H12N3+. The molecular weight excluding hydrogens is 198 g/mol. The molecule has 78 valence electrons. The van der Waals surface area contributed by atoms with Crippen LogP contribution in [0.3, 0.4) is 0 Å². The normalized spacial score (nSPS) is 17.4. The van der Waals surface area contributed by atoms with Gasteiger partial charge in [0.05, 0.1) is 0 Å². The van der Waals surface area contributed by atoms with Crippen molar-refractivity contribution >= 4 is 17.5 Å². The minimum Gasteiger partial charge on any atom is -0.272 e. The van der Waals surface area contributed by atoms with Crippen LogP contribution in [0.5, 0.6) is 0 Å². The molecule has 1 unspecified atom stereocenters. The van der Waals surface area contributed by atoms with E-state index in [0.717, 1.165) is 11.4 Å². The van der Waals surface area contributed by atoms with Crippen molar-refractivity contribution in [2.45, 2.75) is 0 Å². The number of H-pyrrole nitrogens is 1. The Labute approximate surface area is 93.7 Å². The standard InChI is InChI=1S/C13H11N3/c1-10(12-6-8-14-15-12)16-9-7-11-4-2-3-5-13(11)16/h2-9H,1H2,(H,14,15)/p+1. The summed E-state index contributed by atoms with van der Waals surface area (Å²) < 4.78 is 0. The van der Waals surface area contributed by atoms with E-state index >= 15 is 0 Å². The first-order valence-corrected chi connectivity index (χ1v) is 5.20. The van der Waals surface area contributed by atoms with Gasteiger partial charge in [-0.15, -0.1) is 0 Å². The molecule has 1 aliphatic rings. The minimum absolute atomic E-state index is 0.969. The first-order chi connectivity index (χ1) is 7.86. The molecule has 16 heavy (non-hydrogen) atoms. The van der Waals surface area contributed by atoms with Gasteiger partial charge in [0, 0.05) is 23.9 Å². The minimum atomic E-state index is 0.969. The summed E-state index contributed by atoms with van der Waals surface area (Å²) in [6, 6.07) is 10.3. The fraction of sp³-hybridized carbons (Fsp3) is 0.